The monoisotopic (exact) mass is 325 g/mol. The van der Waals surface area contributed by atoms with E-state index in [4.69, 9.17) is 10.8 Å². The number of nitrogen functional groups attached to an aromatic ring is 1. The van der Waals surface area contributed by atoms with Crippen LogP contribution in [0, 0.1) is 0 Å². The lowest BCUT2D eigenvalue weighted by molar-refractivity contribution is 0.0802. The molecule has 1 aromatic carbocycles. The van der Waals surface area contributed by atoms with Gasteiger partial charge in [0.2, 0.25) is 0 Å². The number of aliphatic hydroxyl groups excluding tert-OH is 3. The van der Waals surface area contributed by atoms with Gasteiger partial charge in [-0.3, -0.25) is 9.59 Å². The summed E-state index contributed by atoms with van der Waals surface area (Å²) < 4.78 is 0. The maximum atomic E-state index is 12.0. The van der Waals surface area contributed by atoms with Gasteiger partial charge in [-0.15, -0.1) is 0 Å². The van der Waals surface area contributed by atoms with Gasteiger partial charge in [-0.05, 0) is 24.6 Å². The number of hydrogen-bond donors (Lipinski definition) is 6. The van der Waals surface area contributed by atoms with Gasteiger partial charge in [-0.2, -0.15) is 0 Å². The summed E-state index contributed by atoms with van der Waals surface area (Å²) in [6, 6.07) is 4.19. The Hall–Kier alpha value is -2.16. The molecule has 8 heteroatoms. The zero-order chi connectivity index (χ0) is 17.4. The van der Waals surface area contributed by atoms with Crippen LogP contribution in [0.3, 0.4) is 0 Å². The molecular weight excluding hydrogens is 302 g/mol. The van der Waals surface area contributed by atoms with Crippen LogP contribution >= 0.6 is 0 Å². The van der Waals surface area contributed by atoms with Crippen LogP contribution in [0.5, 0.6) is 0 Å². The van der Waals surface area contributed by atoms with Crippen molar-refractivity contribution in [2.45, 2.75) is 25.6 Å². The summed E-state index contributed by atoms with van der Waals surface area (Å²) in [5.74, 6) is -0.971. The maximum Gasteiger partial charge on any atom is 0.251 e. The number of anilines is 1. The van der Waals surface area contributed by atoms with Gasteiger partial charge in [-0.1, -0.05) is 6.92 Å². The van der Waals surface area contributed by atoms with Crippen molar-refractivity contribution in [1.29, 1.82) is 0 Å². The fourth-order valence-corrected chi connectivity index (χ4v) is 1.75. The van der Waals surface area contributed by atoms with Gasteiger partial charge >= 0.3 is 0 Å². The third-order valence-electron chi connectivity index (χ3n) is 3.16. The number of amides is 2. The van der Waals surface area contributed by atoms with Gasteiger partial charge in [0.25, 0.3) is 11.8 Å². The van der Waals surface area contributed by atoms with Gasteiger partial charge in [0, 0.05) is 29.9 Å². The van der Waals surface area contributed by atoms with E-state index in [9.17, 15) is 19.8 Å². The summed E-state index contributed by atoms with van der Waals surface area (Å²) in [6.07, 6.45) is -1.18. The zero-order valence-corrected chi connectivity index (χ0v) is 13.0. The van der Waals surface area contributed by atoms with Crippen molar-refractivity contribution in [3.8, 4) is 0 Å². The molecule has 0 heterocycles. The van der Waals surface area contributed by atoms with Crippen LogP contribution in [0.4, 0.5) is 5.69 Å². The summed E-state index contributed by atoms with van der Waals surface area (Å²) in [4.78, 5) is 24.0. The topological polar surface area (TPSA) is 145 Å². The second kappa shape index (κ2) is 9.09. The van der Waals surface area contributed by atoms with Crippen molar-refractivity contribution < 1.29 is 24.9 Å². The number of nitrogens with two attached hydrogens (primary N) is 1. The van der Waals surface area contributed by atoms with Crippen LogP contribution in [0.1, 0.15) is 34.1 Å². The molecule has 0 fully saturated rings. The smallest absolute Gasteiger partial charge is 0.251 e. The molecule has 0 spiro atoms. The van der Waals surface area contributed by atoms with Crippen LogP contribution in [0.25, 0.3) is 0 Å². The van der Waals surface area contributed by atoms with Crippen LogP contribution in [-0.4, -0.2) is 59.0 Å². The lowest BCUT2D eigenvalue weighted by atomic mass is 10.1. The minimum absolute atomic E-state index is 0.106. The number of carbonyl (C=O) groups excluding carboxylic acids is 2. The molecule has 128 valence electrons. The Labute approximate surface area is 134 Å². The van der Waals surface area contributed by atoms with Gasteiger partial charge in [0.1, 0.15) is 0 Å². The quantitative estimate of drug-likeness (QED) is 0.333. The van der Waals surface area contributed by atoms with Crippen molar-refractivity contribution in [3.63, 3.8) is 0 Å². The van der Waals surface area contributed by atoms with Crippen LogP contribution in [0.15, 0.2) is 18.2 Å². The molecule has 7 N–H and O–H groups in total. The Morgan fingerprint density at radius 3 is 1.96 bits per heavy atom. The van der Waals surface area contributed by atoms with Crippen LogP contribution < -0.4 is 16.4 Å². The van der Waals surface area contributed by atoms with Crippen molar-refractivity contribution in [2.24, 2.45) is 0 Å². The van der Waals surface area contributed by atoms with Crippen molar-refractivity contribution >= 4 is 17.5 Å². The highest BCUT2D eigenvalue weighted by Crippen LogP contribution is 2.12. The van der Waals surface area contributed by atoms with E-state index >= 15 is 0 Å². The first-order chi connectivity index (χ1) is 10.9. The summed E-state index contributed by atoms with van der Waals surface area (Å²) in [7, 11) is 0. The Balaban J connectivity index is 2.78. The normalized spacial score (nSPS) is 13.2. The third kappa shape index (κ3) is 6.23. The highest BCUT2D eigenvalue weighted by Gasteiger charge is 2.14. The number of carbonyl (C=O) groups is 2. The molecule has 2 unspecified atom stereocenters. The number of aliphatic hydroxyl groups is 3. The molecule has 2 atom stereocenters. The van der Waals surface area contributed by atoms with Gasteiger partial charge in [0.05, 0.1) is 18.8 Å². The molecule has 0 aliphatic heterocycles. The molecule has 23 heavy (non-hydrogen) atoms. The first-order valence-corrected chi connectivity index (χ1v) is 7.31. The molecule has 0 aliphatic carbocycles. The molecule has 1 rings (SSSR count). The maximum absolute atomic E-state index is 12.0. The van der Waals surface area contributed by atoms with Crippen LogP contribution in [0.2, 0.25) is 0 Å². The van der Waals surface area contributed by atoms with E-state index in [1.807, 2.05) is 0 Å². The molecule has 0 aliphatic rings. The highest BCUT2D eigenvalue weighted by molar-refractivity contribution is 6.01. The fraction of sp³-hybridized carbons (Fsp3) is 0.467. The summed E-state index contributed by atoms with van der Waals surface area (Å²) in [5, 5.41) is 32.4. The summed E-state index contributed by atoms with van der Waals surface area (Å²) in [5.41, 5.74) is 6.30. The molecule has 0 radical (unpaired) electrons. The van der Waals surface area contributed by atoms with E-state index in [1.54, 1.807) is 6.92 Å². The molecular formula is C15H23N3O5. The van der Waals surface area contributed by atoms with E-state index in [1.165, 1.54) is 18.2 Å². The zero-order valence-electron chi connectivity index (χ0n) is 13.0. The van der Waals surface area contributed by atoms with Gasteiger partial charge in [0.15, 0.2) is 0 Å². The molecule has 8 nitrogen and oxygen atoms in total. The average molecular weight is 325 g/mol. The standard InChI is InChI=1S/C15H23N3O5/c1-2-12(20)6-17-14(22)9-3-10(5-11(16)4-9)15(23)18-7-13(21)8-19/h3-5,12-13,19-21H,2,6-8,16H2,1H3,(H,17,22)(H,18,23). The van der Waals surface area contributed by atoms with E-state index in [0.717, 1.165) is 0 Å². The Bertz CT molecular complexity index is 506. The Morgan fingerprint density at radius 1 is 1.04 bits per heavy atom. The third-order valence-corrected chi connectivity index (χ3v) is 3.16. The van der Waals surface area contributed by atoms with Gasteiger partial charge in [-0.25, -0.2) is 0 Å². The average Bonchev–Trinajstić information content (AvgIpc) is 2.55. The molecule has 0 saturated heterocycles. The molecule has 0 bridgehead atoms. The van der Waals surface area contributed by atoms with Crippen molar-refractivity contribution in [3.05, 3.63) is 29.3 Å². The van der Waals surface area contributed by atoms with E-state index in [-0.39, 0.29) is 29.9 Å². The Morgan fingerprint density at radius 2 is 1.52 bits per heavy atom. The van der Waals surface area contributed by atoms with E-state index in [2.05, 4.69) is 10.6 Å². The summed E-state index contributed by atoms with van der Waals surface area (Å²) in [6.45, 7) is 1.31. The predicted octanol–water partition coefficient (Wildman–Crippen LogP) is -1.15. The predicted molar refractivity (Wildman–Crippen MR) is 84.9 cm³/mol. The van der Waals surface area contributed by atoms with Gasteiger partial charge < -0.3 is 31.7 Å². The SMILES string of the molecule is CCC(O)CNC(=O)c1cc(N)cc(C(=O)NCC(O)CO)c1. The second-order valence-corrected chi connectivity index (χ2v) is 5.16. The first-order valence-electron chi connectivity index (χ1n) is 7.31. The highest BCUT2D eigenvalue weighted by atomic mass is 16.3. The van der Waals surface area contributed by atoms with Crippen LogP contribution in [-0.2, 0) is 0 Å². The largest absolute Gasteiger partial charge is 0.399 e. The first kappa shape index (κ1) is 18.9. The Kier molecular flexibility index (Phi) is 7.46. The molecule has 1 aromatic rings. The molecule has 0 saturated carbocycles. The summed E-state index contributed by atoms with van der Waals surface area (Å²) >= 11 is 0. The molecule has 2 amide bonds. The lowest BCUT2D eigenvalue weighted by Gasteiger charge is -2.12. The van der Waals surface area contributed by atoms with E-state index < -0.39 is 30.6 Å². The number of rotatable bonds is 8. The van der Waals surface area contributed by atoms with E-state index in [0.29, 0.717) is 6.42 Å². The fourth-order valence-electron chi connectivity index (χ4n) is 1.75. The minimum atomic E-state index is -1.06. The number of hydrogen-bond acceptors (Lipinski definition) is 6. The van der Waals surface area contributed by atoms with Crippen molar-refractivity contribution in [1.82, 2.24) is 10.6 Å². The number of benzene rings is 1. The minimum Gasteiger partial charge on any atom is -0.399 e. The molecule has 0 aromatic heterocycles. The lowest BCUT2D eigenvalue weighted by Crippen LogP contribution is -2.34. The van der Waals surface area contributed by atoms with Crippen molar-refractivity contribution in [2.75, 3.05) is 25.4 Å². The second-order valence-electron chi connectivity index (χ2n) is 5.16. The number of nitrogens with one attached hydrogen (secondary N) is 2.